The summed E-state index contributed by atoms with van der Waals surface area (Å²) in [5.41, 5.74) is 5.69. The van der Waals surface area contributed by atoms with Crippen LogP contribution in [-0.4, -0.2) is 42.6 Å². The molecule has 0 radical (unpaired) electrons. The van der Waals surface area contributed by atoms with Gasteiger partial charge in [0, 0.05) is 19.6 Å². The Balaban J connectivity index is 1.99. The fourth-order valence-electron chi connectivity index (χ4n) is 2.69. The van der Waals surface area contributed by atoms with Gasteiger partial charge in [0.25, 0.3) is 0 Å². The van der Waals surface area contributed by atoms with E-state index in [1.54, 1.807) is 0 Å². The van der Waals surface area contributed by atoms with Gasteiger partial charge in [0.1, 0.15) is 0 Å². The summed E-state index contributed by atoms with van der Waals surface area (Å²) in [5.74, 6) is 0.508. The smallest absolute Gasteiger partial charge is 0.227 e. The molecule has 2 aliphatic heterocycles. The summed E-state index contributed by atoms with van der Waals surface area (Å²) in [6, 6.07) is 0. The molecule has 16 heavy (non-hydrogen) atoms. The number of rotatable bonds is 3. The predicted molar refractivity (Wildman–Crippen MR) is 61.9 cm³/mol. The summed E-state index contributed by atoms with van der Waals surface area (Å²) in [6.45, 7) is 6.09. The number of hydrogen-bond donors (Lipinski definition) is 1. The molecule has 3 atom stereocenters. The van der Waals surface area contributed by atoms with E-state index in [0.717, 1.165) is 25.9 Å². The van der Waals surface area contributed by atoms with Crippen LogP contribution < -0.4 is 5.73 Å². The van der Waals surface area contributed by atoms with Crippen LogP contribution >= 0.6 is 0 Å². The maximum atomic E-state index is 12.3. The van der Waals surface area contributed by atoms with Gasteiger partial charge in [-0.15, -0.1) is 0 Å². The lowest BCUT2D eigenvalue weighted by Crippen LogP contribution is -2.50. The van der Waals surface area contributed by atoms with E-state index in [4.69, 9.17) is 10.5 Å². The van der Waals surface area contributed by atoms with Crippen molar-refractivity contribution in [2.24, 2.45) is 17.6 Å². The second-order valence-corrected chi connectivity index (χ2v) is 5.29. The summed E-state index contributed by atoms with van der Waals surface area (Å²) in [4.78, 5) is 14.2. The third-order valence-corrected chi connectivity index (χ3v) is 3.73. The largest absolute Gasteiger partial charge is 0.371 e. The number of likely N-dealkylation sites (tertiary alicyclic amines) is 1. The minimum absolute atomic E-state index is 0.0301. The van der Waals surface area contributed by atoms with E-state index in [9.17, 15) is 4.79 Å². The molecule has 1 amide bonds. The molecule has 0 aromatic carbocycles. The molecule has 0 aromatic rings. The number of hydrogen-bond acceptors (Lipinski definition) is 3. The van der Waals surface area contributed by atoms with Gasteiger partial charge in [-0.05, 0) is 18.8 Å². The Morgan fingerprint density at radius 2 is 1.94 bits per heavy atom. The molecule has 2 bridgehead atoms. The van der Waals surface area contributed by atoms with Crippen molar-refractivity contribution in [1.82, 2.24) is 4.90 Å². The second kappa shape index (κ2) is 4.72. The number of morpholine rings is 1. The zero-order valence-corrected chi connectivity index (χ0v) is 10.2. The van der Waals surface area contributed by atoms with E-state index in [1.807, 2.05) is 4.90 Å². The van der Waals surface area contributed by atoms with Gasteiger partial charge in [-0.25, -0.2) is 0 Å². The van der Waals surface area contributed by atoms with Gasteiger partial charge in [-0.1, -0.05) is 13.8 Å². The first-order chi connectivity index (χ1) is 7.61. The maximum absolute atomic E-state index is 12.3. The Morgan fingerprint density at radius 3 is 2.38 bits per heavy atom. The number of carbonyl (C=O) groups excluding carboxylic acids is 1. The molecule has 2 rings (SSSR count). The van der Waals surface area contributed by atoms with Crippen LogP contribution in [0.15, 0.2) is 0 Å². The molecule has 2 aliphatic rings. The molecule has 92 valence electrons. The second-order valence-electron chi connectivity index (χ2n) is 5.29. The normalized spacial score (nSPS) is 30.9. The van der Waals surface area contributed by atoms with Gasteiger partial charge in [0.15, 0.2) is 0 Å². The van der Waals surface area contributed by atoms with Gasteiger partial charge < -0.3 is 15.4 Å². The Bertz CT molecular complexity index is 256. The fraction of sp³-hybridized carbons (Fsp3) is 0.917. The van der Waals surface area contributed by atoms with Crippen molar-refractivity contribution >= 4 is 5.91 Å². The van der Waals surface area contributed by atoms with Crippen LogP contribution in [0.1, 0.15) is 26.7 Å². The van der Waals surface area contributed by atoms with Crippen LogP contribution in [-0.2, 0) is 9.53 Å². The van der Waals surface area contributed by atoms with Crippen molar-refractivity contribution in [2.75, 3.05) is 19.6 Å². The van der Waals surface area contributed by atoms with E-state index < -0.39 is 0 Å². The van der Waals surface area contributed by atoms with E-state index in [0.29, 0.717) is 12.5 Å². The number of nitrogens with zero attached hydrogens (tertiary/aromatic N) is 1. The molecule has 0 saturated carbocycles. The lowest BCUT2D eigenvalue weighted by molar-refractivity contribution is -0.145. The van der Waals surface area contributed by atoms with Gasteiger partial charge in [0.05, 0.1) is 18.1 Å². The monoisotopic (exact) mass is 226 g/mol. The highest BCUT2D eigenvalue weighted by atomic mass is 16.5. The predicted octanol–water partition coefficient (Wildman–Crippen LogP) is 0.607. The summed E-state index contributed by atoms with van der Waals surface area (Å²) in [5, 5.41) is 0. The SMILES string of the molecule is CC(C)C(CN)C(=O)N1CC2CCC(C1)O2. The van der Waals surface area contributed by atoms with Crippen LogP contribution in [0.25, 0.3) is 0 Å². The lowest BCUT2D eigenvalue weighted by Gasteiger charge is -2.35. The third kappa shape index (κ3) is 2.23. The van der Waals surface area contributed by atoms with Gasteiger partial charge in [-0.2, -0.15) is 0 Å². The first kappa shape index (κ1) is 11.9. The highest BCUT2D eigenvalue weighted by Crippen LogP contribution is 2.27. The molecule has 0 aromatic heterocycles. The van der Waals surface area contributed by atoms with E-state index in [2.05, 4.69) is 13.8 Å². The van der Waals surface area contributed by atoms with Crippen molar-refractivity contribution in [2.45, 2.75) is 38.9 Å². The quantitative estimate of drug-likeness (QED) is 0.767. The van der Waals surface area contributed by atoms with Gasteiger partial charge >= 0.3 is 0 Å². The van der Waals surface area contributed by atoms with Crippen LogP contribution in [0.3, 0.4) is 0 Å². The van der Waals surface area contributed by atoms with Crippen LogP contribution in [0.5, 0.6) is 0 Å². The molecular formula is C12H22N2O2. The lowest BCUT2D eigenvalue weighted by atomic mass is 9.94. The number of amides is 1. The number of fused-ring (bicyclic) bond motifs is 2. The molecule has 2 fully saturated rings. The summed E-state index contributed by atoms with van der Waals surface area (Å²) >= 11 is 0. The van der Waals surface area contributed by atoms with E-state index in [1.165, 1.54) is 0 Å². The standard InChI is InChI=1S/C12H22N2O2/c1-8(2)11(5-13)12(15)14-6-9-3-4-10(7-14)16-9/h8-11H,3-7,13H2,1-2H3. The molecule has 2 N–H and O–H groups in total. The van der Waals surface area contributed by atoms with Crippen LogP contribution in [0.2, 0.25) is 0 Å². The fourth-order valence-corrected chi connectivity index (χ4v) is 2.69. The molecule has 3 unspecified atom stereocenters. The van der Waals surface area contributed by atoms with Crippen molar-refractivity contribution in [1.29, 1.82) is 0 Å². The summed E-state index contributed by atoms with van der Waals surface area (Å²) in [7, 11) is 0. The van der Waals surface area contributed by atoms with Gasteiger partial charge in [-0.3, -0.25) is 4.79 Å². The third-order valence-electron chi connectivity index (χ3n) is 3.73. The topological polar surface area (TPSA) is 55.6 Å². The minimum Gasteiger partial charge on any atom is -0.371 e. The summed E-state index contributed by atoms with van der Waals surface area (Å²) in [6.07, 6.45) is 2.74. The van der Waals surface area contributed by atoms with Gasteiger partial charge in [0.2, 0.25) is 5.91 Å². The maximum Gasteiger partial charge on any atom is 0.227 e. The zero-order valence-electron chi connectivity index (χ0n) is 10.2. The Kier molecular flexibility index (Phi) is 3.50. The highest BCUT2D eigenvalue weighted by Gasteiger charge is 2.37. The molecule has 4 nitrogen and oxygen atoms in total. The van der Waals surface area contributed by atoms with Crippen molar-refractivity contribution in [3.05, 3.63) is 0 Å². The number of nitrogens with two attached hydrogens (primary N) is 1. The Hall–Kier alpha value is -0.610. The van der Waals surface area contributed by atoms with Crippen LogP contribution in [0, 0.1) is 11.8 Å². The van der Waals surface area contributed by atoms with Crippen LogP contribution in [0.4, 0.5) is 0 Å². The average Bonchev–Trinajstić information content (AvgIpc) is 2.58. The van der Waals surface area contributed by atoms with E-state index >= 15 is 0 Å². The molecule has 0 spiro atoms. The van der Waals surface area contributed by atoms with Crippen molar-refractivity contribution in [3.8, 4) is 0 Å². The van der Waals surface area contributed by atoms with E-state index in [-0.39, 0.29) is 24.0 Å². The molecule has 2 saturated heterocycles. The Morgan fingerprint density at radius 1 is 1.38 bits per heavy atom. The van der Waals surface area contributed by atoms with Crippen molar-refractivity contribution in [3.63, 3.8) is 0 Å². The molecule has 4 heteroatoms. The highest BCUT2D eigenvalue weighted by molar-refractivity contribution is 5.79. The average molecular weight is 226 g/mol. The Labute approximate surface area is 97.1 Å². The molecule has 2 heterocycles. The molecular weight excluding hydrogens is 204 g/mol. The zero-order chi connectivity index (χ0) is 11.7. The number of ether oxygens (including phenoxy) is 1. The molecule has 0 aliphatic carbocycles. The minimum atomic E-state index is -0.0301. The first-order valence-electron chi connectivity index (χ1n) is 6.26. The van der Waals surface area contributed by atoms with Crippen molar-refractivity contribution < 1.29 is 9.53 Å². The first-order valence-corrected chi connectivity index (χ1v) is 6.26. The summed E-state index contributed by atoms with van der Waals surface area (Å²) < 4.78 is 5.73. The number of carbonyl (C=O) groups is 1.